The smallest absolute Gasteiger partial charge is 0.295 e. The van der Waals surface area contributed by atoms with Gasteiger partial charge in [-0.3, -0.25) is 9.59 Å². The molecular formula is C25H29NO6. The lowest BCUT2D eigenvalue weighted by atomic mass is 9.93. The number of Topliss-reactive ketones (excluding diaryl/α,β-unsaturated/α-hetero) is 1. The highest BCUT2D eigenvalue weighted by Crippen LogP contribution is 2.42. The summed E-state index contributed by atoms with van der Waals surface area (Å²) in [5.74, 6) is -0.775. The van der Waals surface area contributed by atoms with Crippen LogP contribution in [0.5, 0.6) is 17.2 Å². The van der Waals surface area contributed by atoms with E-state index in [2.05, 4.69) is 0 Å². The number of unbranched alkanes of at least 4 members (excludes halogenated alkanes) is 1. The molecule has 3 rings (SSSR count). The molecule has 7 heteroatoms. The molecule has 0 spiro atoms. The molecule has 1 fully saturated rings. The van der Waals surface area contributed by atoms with Crippen molar-refractivity contribution in [2.75, 3.05) is 20.3 Å². The number of ketones is 1. The molecule has 32 heavy (non-hydrogen) atoms. The second-order valence-electron chi connectivity index (χ2n) is 7.69. The molecule has 2 aromatic rings. The average Bonchev–Trinajstić information content (AvgIpc) is 3.03. The molecule has 170 valence electrons. The van der Waals surface area contributed by atoms with Crippen molar-refractivity contribution >= 4 is 17.4 Å². The largest absolute Gasteiger partial charge is 0.507 e. The molecule has 1 atom stereocenters. The summed E-state index contributed by atoms with van der Waals surface area (Å²) in [4.78, 5) is 27.5. The van der Waals surface area contributed by atoms with Crippen LogP contribution in [-0.4, -0.2) is 47.1 Å². The molecule has 0 saturated carbocycles. The Morgan fingerprint density at radius 2 is 1.88 bits per heavy atom. The number of methoxy groups -OCH3 is 1. The molecule has 7 nitrogen and oxygen atoms in total. The fourth-order valence-electron chi connectivity index (χ4n) is 3.93. The van der Waals surface area contributed by atoms with Gasteiger partial charge in [0.2, 0.25) is 0 Å². The van der Waals surface area contributed by atoms with Gasteiger partial charge in [-0.1, -0.05) is 19.4 Å². The minimum Gasteiger partial charge on any atom is -0.507 e. The average molecular weight is 440 g/mol. The van der Waals surface area contributed by atoms with E-state index in [0.717, 1.165) is 6.42 Å². The third-order valence-corrected chi connectivity index (χ3v) is 5.58. The summed E-state index contributed by atoms with van der Waals surface area (Å²) in [7, 11) is 1.55. The van der Waals surface area contributed by atoms with E-state index in [-0.39, 0.29) is 22.8 Å². The van der Waals surface area contributed by atoms with Gasteiger partial charge in [0.1, 0.15) is 11.5 Å². The number of phenols is 1. The lowest BCUT2D eigenvalue weighted by Crippen LogP contribution is -2.30. The zero-order valence-corrected chi connectivity index (χ0v) is 18.8. The molecule has 0 aliphatic carbocycles. The predicted molar refractivity (Wildman–Crippen MR) is 121 cm³/mol. The van der Waals surface area contributed by atoms with E-state index in [9.17, 15) is 19.8 Å². The van der Waals surface area contributed by atoms with Crippen LogP contribution in [0, 0.1) is 6.92 Å². The van der Waals surface area contributed by atoms with Gasteiger partial charge in [0.05, 0.1) is 25.3 Å². The number of phenolic OH excluding ortho intramolecular Hbond substituents is 1. The number of aromatic hydroxyl groups is 1. The van der Waals surface area contributed by atoms with E-state index >= 15 is 0 Å². The van der Waals surface area contributed by atoms with Crippen LogP contribution < -0.4 is 9.47 Å². The molecule has 1 aliphatic rings. The Morgan fingerprint density at radius 3 is 2.50 bits per heavy atom. The van der Waals surface area contributed by atoms with Crippen LogP contribution in [-0.2, 0) is 9.59 Å². The van der Waals surface area contributed by atoms with Gasteiger partial charge in [-0.2, -0.15) is 0 Å². The van der Waals surface area contributed by atoms with E-state index < -0.39 is 17.7 Å². The summed E-state index contributed by atoms with van der Waals surface area (Å²) in [5.41, 5.74) is 1.76. The Labute approximate surface area is 187 Å². The lowest BCUT2D eigenvalue weighted by Gasteiger charge is -2.26. The molecule has 0 bridgehead atoms. The summed E-state index contributed by atoms with van der Waals surface area (Å²) < 4.78 is 10.7. The van der Waals surface area contributed by atoms with Crippen molar-refractivity contribution in [2.24, 2.45) is 0 Å². The Morgan fingerprint density at radius 1 is 1.12 bits per heavy atom. The molecular weight excluding hydrogens is 410 g/mol. The number of benzene rings is 2. The Kier molecular flexibility index (Phi) is 7.08. The molecule has 2 N–H and O–H groups in total. The number of amides is 1. The third kappa shape index (κ3) is 4.28. The summed E-state index contributed by atoms with van der Waals surface area (Å²) in [6.07, 6.45) is 1.55. The molecule has 0 aromatic heterocycles. The molecule has 1 amide bonds. The maximum absolute atomic E-state index is 13.1. The van der Waals surface area contributed by atoms with E-state index in [1.54, 1.807) is 51.3 Å². The van der Waals surface area contributed by atoms with Gasteiger partial charge in [0.25, 0.3) is 11.7 Å². The Bertz CT molecular complexity index is 1060. The number of aryl methyl sites for hydroxylation is 1. The van der Waals surface area contributed by atoms with Gasteiger partial charge in [-0.25, -0.2) is 0 Å². The van der Waals surface area contributed by atoms with Crippen molar-refractivity contribution in [3.8, 4) is 17.2 Å². The van der Waals surface area contributed by atoms with Gasteiger partial charge in [0, 0.05) is 12.1 Å². The van der Waals surface area contributed by atoms with Gasteiger partial charge in [-0.05, 0) is 61.7 Å². The fourth-order valence-corrected chi connectivity index (χ4v) is 3.93. The van der Waals surface area contributed by atoms with Gasteiger partial charge in [-0.15, -0.1) is 0 Å². The van der Waals surface area contributed by atoms with E-state index in [1.165, 1.54) is 11.0 Å². The molecule has 1 aliphatic heterocycles. The monoisotopic (exact) mass is 439 g/mol. The summed E-state index contributed by atoms with van der Waals surface area (Å²) >= 11 is 0. The zero-order chi connectivity index (χ0) is 23.4. The van der Waals surface area contributed by atoms with Crippen molar-refractivity contribution in [3.05, 3.63) is 58.7 Å². The number of aliphatic hydroxyl groups excluding tert-OH is 1. The predicted octanol–water partition coefficient (Wildman–Crippen LogP) is 4.33. The highest BCUT2D eigenvalue weighted by Gasteiger charge is 2.46. The molecule has 2 aromatic carbocycles. The Balaban J connectivity index is 2.20. The first-order valence-electron chi connectivity index (χ1n) is 10.7. The zero-order valence-electron chi connectivity index (χ0n) is 18.8. The molecule has 1 heterocycles. The first-order valence-corrected chi connectivity index (χ1v) is 10.7. The SMILES string of the molecule is CCCCN1C(=O)C(=O)/C(=C(/O)c2ccc(OC)cc2C)C1c1ccc(O)c(OCC)c1. The Hall–Kier alpha value is -3.48. The highest BCUT2D eigenvalue weighted by atomic mass is 16.5. The first kappa shape index (κ1) is 23.2. The maximum atomic E-state index is 13.1. The minimum absolute atomic E-state index is 0.0208. The topological polar surface area (TPSA) is 96.3 Å². The van der Waals surface area contributed by atoms with Gasteiger partial charge in [0.15, 0.2) is 11.5 Å². The third-order valence-electron chi connectivity index (χ3n) is 5.58. The van der Waals surface area contributed by atoms with Crippen LogP contribution in [0.4, 0.5) is 0 Å². The fraction of sp³-hybridized carbons (Fsp3) is 0.360. The van der Waals surface area contributed by atoms with Crippen molar-refractivity contribution < 1.29 is 29.3 Å². The van der Waals surface area contributed by atoms with Gasteiger partial charge < -0.3 is 24.6 Å². The number of hydrogen-bond donors (Lipinski definition) is 2. The number of likely N-dealkylation sites (tertiary alicyclic amines) is 1. The standard InChI is InChI=1S/C25H29NO6/c1-5-7-12-26-22(16-8-11-19(27)20(14-16)32-6-2)21(24(29)25(26)30)23(28)18-10-9-17(31-4)13-15(18)3/h8-11,13-14,22,27-28H,5-7,12H2,1-4H3/b23-21+. The number of rotatable bonds is 8. The van der Waals surface area contributed by atoms with Crippen molar-refractivity contribution in [1.29, 1.82) is 0 Å². The first-order chi connectivity index (χ1) is 15.3. The summed E-state index contributed by atoms with van der Waals surface area (Å²) in [5, 5.41) is 21.3. The second kappa shape index (κ2) is 9.77. The van der Waals surface area contributed by atoms with Crippen molar-refractivity contribution in [1.82, 2.24) is 4.90 Å². The van der Waals surface area contributed by atoms with E-state index in [1.807, 2.05) is 6.92 Å². The summed E-state index contributed by atoms with van der Waals surface area (Å²) in [6, 6.07) is 9.05. The van der Waals surface area contributed by atoms with Crippen LogP contribution in [0.15, 0.2) is 42.0 Å². The highest BCUT2D eigenvalue weighted by molar-refractivity contribution is 6.46. The maximum Gasteiger partial charge on any atom is 0.295 e. The second-order valence-corrected chi connectivity index (χ2v) is 7.69. The minimum atomic E-state index is -0.789. The lowest BCUT2D eigenvalue weighted by molar-refractivity contribution is -0.139. The van der Waals surface area contributed by atoms with Gasteiger partial charge >= 0.3 is 0 Å². The van der Waals surface area contributed by atoms with Crippen LogP contribution in [0.3, 0.4) is 0 Å². The number of nitrogens with zero attached hydrogens (tertiary/aromatic N) is 1. The number of carbonyl (C=O) groups is 2. The van der Waals surface area contributed by atoms with Crippen LogP contribution in [0.1, 0.15) is 49.4 Å². The van der Waals surface area contributed by atoms with Crippen LogP contribution in [0.2, 0.25) is 0 Å². The summed E-state index contributed by atoms with van der Waals surface area (Å²) in [6.45, 7) is 6.31. The number of ether oxygens (including phenoxy) is 2. The molecule has 1 saturated heterocycles. The van der Waals surface area contributed by atoms with Crippen molar-refractivity contribution in [2.45, 2.75) is 39.7 Å². The van der Waals surface area contributed by atoms with Crippen molar-refractivity contribution in [3.63, 3.8) is 0 Å². The number of hydrogen-bond acceptors (Lipinski definition) is 6. The quantitative estimate of drug-likeness (QED) is 0.361. The molecule has 0 radical (unpaired) electrons. The molecule has 1 unspecified atom stereocenters. The number of aliphatic hydroxyl groups is 1. The number of carbonyl (C=O) groups excluding carboxylic acids is 2. The van der Waals surface area contributed by atoms with Crippen LogP contribution in [0.25, 0.3) is 5.76 Å². The normalized spacial score (nSPS) is 17.6. The van der Waals surface area contributed by atoms with E-state index in [0.29, 0.717) is 42.0 Å². The van der Waals surface area contributed by atoms with Crippen LogP contribution >= 0.6 is 0 Å². The van der Waals surface area contributed by atoms with E-state index in [4.69, 9.17) is 9.47 Å².